The Bertz CT molecular complexity index is 201. The van der Waals surface area contributed by atoms with Crippen molar-refractivity contribution < 1.29 is 4.79 Å². The van der Waals surface area contributed by atoms with Gasteiger partial charge in [0.15, 0.2) is 5.78 Å². The highest BCUT2D eigenvalue weighted by Crippen LogP contribution is 2.32. The van der Waals surface area contributed by atoms with Crippen molar-refractivity contribution in [2.45, 2.75) is 24.3 Å². The van der Waals surface area contributed by atoms with Gasteiger partial charge in [0, 0.05) is 16.8 Å². The topological polar surface area (TPSA) is 17.1 Å². The molecule has 0 aromatic heterocycles. The minimum absolute atomic E-state index is 0.154. The molecule has 0 aliphatic carbocycles. The van der Waals surface area contributed by atoms with Gasteiger partial charge in [0.05, 0.1) is 5.25 Å². The van der Waals surface area contributed by atoms with Crippen LogP contribution >= 0.6 is 23.5 Å². The molecule has 0 radical (unpaired) electrons. The molecule has 0 spiro atoms. The summed E-state index contributed by atoms with van der Waals surface area (Å²) in [5.74, 6) is 2.50. The Hall–Kier alpha value is 0.110. The van der Waals surface area contributed by atoms with E-state index in [0.29, 0.717) is 10.8 Å². The van der Waals surface area contributed by atoms with Gasteiger partial charge in [-0.05, 0) is 12.5 Å². The minimum atomic E-state index is 0.154. The van der Waals surface area contributed by atoms with Gasteiger partial charge < -0.3 is 0 Å². The first-order chi connectivity index (χ1) is 5.63. The smallest absolute Gasteiger partial charge is 0.172 e. The molecule has 0 N–H and O–H groups in total. The van der Waals surface area contributed by atoms with Crippen LogP contribution in [0.15, 0.2) is 12.2 Å². The van der Waals surface area contributed by atoms with Crippen molar-refractivity contribution in [1.82, 2.24) is 0 Å². The molecule has 1 nitrogen and oxygen atoms in total. The van der Waals surface area contributed by atoms with Gasteiger partial charge in [-0.15, -0.1) is 11.8 Å². The number of carbonyl (C=O) groups is 1. The molecule has 1 heterocycles. The van der Waals surface area contributed by atoms with Crippen molar-refractivity contribution in [3.63, 3.8) is 0 Å². The third kappa shape index (κ3) is 2.30. The maximum absolute atomic E-state index is 11.6. The summed E-state index contributed by atoms with van der Waals surface area (Å²) >= 11 is 3.67. The Balaban J connectivity index is 2.59. The van der Waals surface area contributed by atoms with E-state index in [1.807, 2.05) is 11.8 Å². The van der Waals surface area contributed by atoms with Crippen LogP contribution in [0.25, 0.3) is 0 Å². The Morgan fingerprint density at radius 3 is 2.50 bits per heavy atom. The van der Waals surface area contributed by atoms with Crippen LogP contribution in [-0.4, -0.2) is 27.8 Å². The van der Waals surface area contributed by atoms with E-state index in [1.54, 1.807) is 18.7 Å². The molecule has 1 aliphatic rings. The van der Waals surface area contributed by atoms with Crippen LogP contribution in [0.1, 0.15) is 13.8 Å². The minimum Gasteiger partial charge on any atom is -0.293 e. The lowest BCUT2D eigenvalue weighted by Crippen LogP contribution is -2.31. The van der Waals surface area contributed by atoms with Gasteiger partial charge in [0.25, 0.3) is 0 Å². The third-order valence-corrected chi connectivity index (χ3v) is 4.96. The largest absolute Gasteiger partial charge is 0.293 e. The number of Topliss-reactive ketones (excluding diaryl/α,β-unsaturated/α-hetero) is 1. The third-order valence-electron chi connectivity index (χ3n) is 1.87. The lowest BCUT2D eigenvalue weighted by Gasteiger charge is -2.26. The summed E-state index contributed by atoms with van der Waals surface area (Å²) in [6.07, 6.45) is 0. The summed E-state index contributed by atoms with van der Waals surface area (Å²) < 4.78 is 0. The average Bonchev–Trinajstić information content (AvgIpc) is 2.04. The van der Waals surface area contributed by atoms with E-state index in [1.165, 1.54) is 5.75 Å². The van der Waals surface area contributed by atoms with E-state index >= 15 is 0 Å². The zero-order valence-corrected chi connectivity index (χ0v) is 9.13. The fraction of sp³-hybridized carbons (Fsp3) is 0.667. The van der Waals surface area contributed by atoms with Crippen molar-refractivity contribution in [3.05, 3.63) is 12.2 Å². The fourth-order valence-electron chi connectivity index (χ4n) is 1.16. The second-order valence-corrected chi connectivity index (χ2v) is 5.75. The lowest BCUT2D eigenvalue weighted by atomic mass is 10.1. The van der Waals surface area contributed by atoms with E-state index in [-0.39, 0.29) is 11.0 Å². The first kappa shape index (κ1) is 10.2. The molecule has 3 heteroatoms. The Morgan fingerprint density at radius 1 is 1.42 bits per heavy atom. The highest BCUT2D eigenvalue weighted by Gasteiger charge is 2.28. The Labute approximate surface area is 82.4 Å². The first-order valence-electron chi connectivity index (χ1n) is 4.06. The molecule has 2 atom stereocenters. The van der Waals surface area contributed by atoms with Crippen LogP contribution in [0.4, 0.5) is 0 Å². The lowest BCUT2D eigenvalue weighted by molar-refractivity contribution is -0.115. The van der Waals surface area contributed by atoms with Crippen molar-refractivity contribution >= 4 is 29.3 Å². The molecule has 0 bridgehead atoms. The molecule has 0 amide bonds. The van der Waals surface area contributed by atoms with Gasteiger partial charge in [0.2, 0.25) is 0 Å². The zero-order valence-electron chi connectivity index (χ0n) is 7.50. The second-order valence-electron chi connectivity index (χ2n) is 3.01. The summed E-state index contributed by atoms with van der Waals surface area (Å²) in [4.78, 5) is 11.6. The van der Waals surface area contributed by atoms with Crippen molar-refractivity contribution in [3.8, 4) is 0 Å². The molecule has 12 heavy (non-hydrogen) atoms. The highest BCUT2D eigenvalue weighted by atomic mass is 32.2. The Kier molecular flexibility index (Phi) is 3.72. The van der Waals surface area contributed by atoms with Crippen LogP contribution in [0.2, 0.25) is 0 Å². The number of thioether (sulfide) groups is 2. The van der Waals surface area contributed by atoms with Crippen LogP contribution in [-0.2, 0) is 4.79 Å². The summed E-state index contributed by atoms with van der Waals surface area (Å²) in [5, 5.41) is 0.606. The highest BCUT2D eigenvalue weighted by molar-refractivity contribution is 8.07. The zero-order chi connectivity index (χ0) is 9.14. The van der Waals surface area contributed by atoms with Crippen LogP contribution in [0, 0.1) is 0 Å². The first-order valence-corrected chi connectivity index (χ1v) is 6.15. The van der Waals surface area contributed by atoms with Crippen molar-refractivity contribution in [2.75, 3.05) is 11.5 Å². The number of allylic oxidation sites excluding steroid dienone is 1. The normalized spacial score (nSPS) is 29.8. The quantitative estimate of drug-likeness (QED) is 0.640. The predicted octanol–water partition coefficient (Wildman–Crippen LogP) is 2.37. The SMILES string of the molecule is C=C(C)C(=O)C1SCCSC1C. The summed E-state index contributed by atoms with van der Waals surface area (Å²) in [7, 11) is 0. The Morgan fingerprint density at radius 2 is 2.00 bits per heavy atom. The molecule has 1 saturated heterocycles. The molecule has 0 aromatic carbocycles. The number of ketones is 1. The second kappa shape index (κ2) is 4.38. The monoisotopic (exact) mass is 202 g/mol. The number of hydrogen-bond donors (Lipinski definition) is 0. The van der Waals surface area contributed by atoms with Gasteiger partial charge in [-0.3, -0.25) is 4.79 Å². The van der Waals surface area contributed by atoms with Crippen LogP contribution in [0.5, 0.6) is 0 Å². The van der Waals surface area contributed by atoms with E-state index in [9.17, 15) is 4.79 Å². The molecule has 1 aliphatic heterocycles. The standard InChI is InChI=1S/C9H14OS2/c1-6(2)8(10)9-7(3)11-4-5-12-9/h7,9H,1,4-5H2,2-3H3. The molecule has 1 fully saturated rings. The van der Waals surface area contributed by atoms with Gasteiger partial charge in [0.1, 0.15) is 0 Å². The summed E-state index contributed by atoms with van der Waals surface area (Å²) in [6, 6.07) is 0. The molecular weight excluding hydrogens is 188 g/mol. The van der Waals surface area contributed by atoms with Gasteiger partial charge >= 0.3 is 0 Å². The molecule has 0 aromatic rings. The number of rotatable bonds is 2. The maximum Gasteiger partial charge on any atom is 0.172 e. The average molecular weight is 202 g/mol. The van der Waals surface area contributed by atoms with E-state index < -0.39 is 0 Å². The van der Waals surface area contributed by atoms with Crippen LogP contribution in [0.3, 0.4) is 0 Å². The fourth-order valence-corrected chi connectivity index (χ4v) is 3.95. The van der Waals surface area contributed by atoms with E-state index in [2.05, 4.69) is 13.5 Å². The van der Waals surface area contributed by atoms with Crippen molar-refractivity contribution in [2.24, 2.45) is 0 Å². The summed E-state index contributed by atoms with van der Waals surface area (Å²) in [6.45, 7) is 7.62. The molecule has 1 rings (SSSR count). The maximum atomic E-state index is 11.6. The van der Waals surface area contributed by atoms with Gasteiger partial charge in [-0.1, -0.05) is 13.5 Å². The van der Waals surface area contributed by atoms with Crippen molar-refractivity contribution in [1.29, 1.82) is 0 Å². The number of carbonyl (C=O) groups excluding carboxylic acids is 1. The predicted molar refractivity (Wildman–Crippen MR) is 58.0 cm³/mol. The van der Waals surface area contributed by atoms with E-state index in [4.69, 9.17) is 0 Å². The van der Waals surface area contributed by atoms with Crippen LogP contribution < -0.4 is 0 Å². The molecule has 68 valence electrons. The van der Waals surface area contributed by atoms with Gasteiger partial charge in [-0.2, -0.15) is 11.8 Å². The number of hydrogen-bond acceptors (Lipinski definition) is 3. The van der Waals surface area contributed by atoms with E-state index in [0.717, 1.165) is 5.75 Å². The molecular formula is C9H14OS2. The van der Waals surface area contributed by atoms with Gasteiger partial charge in [-0.25, -0.2) is 0 Å². The molecule has 2 unspecified atom stereocenters. The summed E-state index contributed by atoms with van der Waals surface area (Å²) in [5.41, 5.74) is 0.696. The molecule has 0 saturated carbocycles.